The van der Waals surface area contributed by atoms with Crippen molar-refractivity contribution in [2.75, 3.05) is 54.2 Å². The average molecular weight is 412 g/mol. The Hall–Kier alpha value is -3.40. The molecule has 0 radical (unpaired) electrons. The maximum absolute atomic E-state index is 13.1. The number of ether oxygens (including phenoxy) is 2. The summed E-state index contributed by atoms with van der Waals surface area (Å²) in [4.78, 5) is 36.2. The molecule has 0 unspecified atom stereocenters. The molecule has 0 bridgehead atoms. The molecule has 1 atom stereocenters. The van der Waals surface area contributed by atoms with E-state index in [1.54, 1.807) is 18.2 Å². The molecule has 0 aliphatic carbocycles. The third-order valence-electron chi connectivity index (χ3n) is 5.01. The fourth-order valence-corrected chi connectivity index (χ4v) is 3.58. The number of hydrogen-bond acceptors (Lipinski definition) is 8. The van der Waals surface area contributed by atoms with E-state index >= 15 is 0 Å². The summed E-state index contributed by atoms with van der Waals surface area (Å²) in [7, 11) is 0. The summed E-state index contributed by atoms with van der Waals surface area (Å²) in [6.07, 6.45) is -0.0416. The fraction of sp³-hybridized carbons (Fsp3) is 0.400. The van der Waals surface area contributed by atoms with E-state index in [4.69, 9.17) is 15.2 Å². The van der Waals surface area contributed by atoms with Crippen LogP contribution in [0.5, 0.6) is 5.75 Å². The highest BCUT2D eigenvalue weighted by molar-refractivity contribution is 6.06. The van der Waals surface area contributed by atoms with Gasteiger partial charge in [0, 0.05) is 19.5 Å². The number of anilines is 4. The number of rotatable bonds is 5. The predicted molar refractivity (Wildman–Crippen MR) is 112 cm³/mol. The van der Waals surface area contributed by atoms with E-state index in [1.807, 2.05) is 17.9 Å². The molecule has 3 heterocycles. The van der Waals surface area contributed by atoms with Crippen LogP contribution in [-0.2, 0) is 14.3 Å². The van der Waals surface area contributed by atoms with Crippen molar-refractivity contribution in [3.05, 3.63) is 29.8 Å². The first-order valence-electron chi connectivity index (χ1n) is 9.89. The Morgan fingerprint density at radius 3 is 2.87 bits per heavy atom. The van der Waals surface area contributed by atoms with Gasteiger partial charge < -0.3 is 30.7 Å². The largest absolute Gasteiger partial charge is 0.492 e. The number of morpholine rings is 1. The van der Waals surface area contributed by atoms with Gasteiger partial charge in [-0.1, -0.05) is 12.1 Å². The van der Waals surface area contributed by atoms with E-state index in [9.17, 15) is 9.59 Å². The van der Waals surface area contributed by atoms with Crippen molar-refractivity contribution in [1.82, 2.24) is 9.97 Å². The molecule has 4 N–H and O–H groups in total. The first-order valence-corrected chi connectivity index (χ1v) is 9.89. The van der Waals surface area contributed by atoms with Crippen molar-refractivity contribution in [3.63, 3.8) is 0 Å². The van der Waals surface area contributed by atoms with Gasteiger partial charge in [0.25, 0.3) is 0 Å². The second-order valence-corrected chi connectivity index (χ2v) is 6.99. The van der Waals surface area contributed by atoms with Crippen molar-refractivity contribution in [1.29, 1.82) is 0 Å². The second kappa shape index (κ2) is 8.54. The normalized spacial score (nSPS) is 18.4. The zero-order valence-corrected chi connectivity index (χ0v) is 16.7. The van der Waals surface area contributed by atoms with E-state index < -0.39 is 5.92 Å². The molecular weight excluding hydrogens is 388 g/mol. The van der Waals surface area contributed by atoms with Crippen molar-refractivity contribution >= 4 is 35.1 Å². The Morgan fingerprint density at radius 1 is 1.33 bits per heavy atom. The molecule has 2 aromatic rings. The molecule has 0 saturated carbocycles. The minimum atomic E-state index is -0.804. The van der Waals surface area contributed by atoms with Crippen LogP contribution in [0, 0.1) is 0 Å². The van der Waals surface area contributed by atoms with E-state index in [0.717, 1.165) is 0 Å². The van der Waals surface area contributed by atoms with Crippen LogP contribution in [0.15, 0.2) is 24.3 Å². The highest BCUT2D eigenvalue weighted by Crippen LogP contribution is 2.37. The molecule has 2 amide bonds. The van der Waals surface area contributed by atoms with Gasteiger partial charge in [0.2, 0.25) is 17.8 Å². The fourth-order valence-electron chi connectivity index (χ4n) is 3.58. The van der Waals surface area contributed by atoms with Gasteiger partial charge in [0.15, 0.2) is 0 Å². The van der Waals surface area contributed by atoms with Gasteiger partial charge in [-0.15, -0.1) is 0 Å². The highest BCUT2D eigenvalue weighted by Gasteiger charge is 2.35. The van der Waals surface area contributed by atoms with Gasteiger partial charge in [-0.2, -0.15) is 9.97 Å². The van der Waals surface area contributed by atoms with Crippen LogP contribution in [-0.4, -0.2) is 54.7 Å². The zero-order chi connectivity index (χ0) is 21.1. The lowest BCUT2D eigenvalue weighted by molar-refractivity contribution is -0.123. The van der Waals surface area contributed by atoms with Gasteiger partial charge in [-0.05, 0) is 19.1 Å². The van der Waals surface area contributed by atoms with Crippen molar-refractivity contribution in [2.45, 2.75) is 19.3 Å². The number of nitrogens with one attached hydrogen (secondary N) is 2. The molecule has 1 aromatic carbocycles. The summed E-state index contributed by atoms with van der Waals surface area (Å²) in [6, 6.07) is 7.13. The Labute approximate surface area is 173 Å². The third-order valence-corrected chi connectivity index (χ3v) is 5.01. The summed E-state index contributed by atoms with van der Waals surface area (Å²) >= 11 is 0. The summed E-state index contributed by atoms with van der Waals surface area (Å²) in [5.74, 6) is -0.0434. The topological polar surface area (TPSA) is 132 Å². The van der Waals surface area contributed by atoms with E-state index in [0.29, 0.717) is 55.9 Å². The first kappa shape index (κ1) is 19.9. The molecule has 10 heteroatoms. The number of carbonyl (C=O) groups excluding carboxylic acids is 2. The lowest BCUT2D eigenvalue weighted by Crippen LogP contribution is -2.38. The molecule has 2 aliphatic rings. The molecule has 2 aliphatic heterocycles. The van der Waals surface area contributed by atoms with Crippen LogP contribution in [0.1, 0.15) is 24.8 Å². The van der Waals surface area contributed by atoms with Crippen LogP contribution in [0.3, 0.4) is 0 Å². The molecule has 1 aromatic heterocycles. The third kappa shape index (κ3) is 3.99. The highest BCUT2D eigenvalue weighted by atomic mass is 16.5. The zero-order valence-electron chi connectivity index (χ0n) is 16.7. The molecule has 0 spiro atoms. The maximum Gasteiger partial charge on any atom is 0.232 e. The van der Waals surface area contributed by atoms with Gasteiger partial charge in [0.05, 0.1) is 37.0 Å². The number of benzene rings is 1. The van der Waals surface area contributed by atoms with Crippen molar-refractivity contribution in [2.24, 2.45) is 0 Å². The van der Waals surface area contributed by atoms with Crippen molar-refractivity contribution in [3.8, 4) is 5.75 Å². The summed E-state index contributed by atoms with van der Waals surface area (Å²) in [6.45, 7) is 4.72. The van der Waals surface area contributed by atoms with Crippen LogP contribution >= 0.6 is 0 Å². The lowest BCUT2D eigenvalue weighted by atomic mass is 9.92. The van der Waals surface area contributed by atoms with Gasteiger partial charge >= 0.3 is 0 Å². The number of nitrogen functional groups attached to an aromatic ring is 1. The number of carbonyl (C=O) groups is 2. The number of nitrogens with zero attached hydrogens (tertiary/aromatic N) is 3. The maximum atomic E-state index is 13.1. The SMILES string of the molecule is CCOc1ccccc1NC(=O)[C@@H]1CC(=O)Nc2nc(N3CCOCC3)nc(N)c21. The number of nitrogens with two attached hydrogens (primary N) is 1. The minimum Gasteiger partial charge on any atom is -0.492 e. The Bertz CT molecular complexity index is 960. The van der Waals surface area contributed by atoms with Crippen LogP contribution in [0.25, 0.3) is 0 Å². The Balaban J connectivity index is 1.63. The van der Waals surface area contributed by atoms with Gasteiger partial charge in [-0.25, -0.2) is 0 Å². The standard InChI is InChI=1S/C20H24N6O4/c1-2-30-14-6-4-3-5-13(14)22-19(28)12-11-15(27)23-18-16(12)17(21)24-20(25-18)26-7-9-29-10-8-26/h3-6,12H,2,7-11H2,1H3,(H,22,28)(H3,21,23,24,25,27)/t12-/m1/s1. The monoisotopic (exact) mass is 412 g/mol. The minimum absolute atomic E-state index is 0.0416. The Kier molecular flexibility index (Phi) is 5.66. The number of aromatic nitrogens is 2. The predicted octanol–water partition coefficient (Wildman–Crippen LogP) is 1.36. The summed E-state index contributed by atoms with van der Waals surface area (Å²) < 4.78 is 10.9. The van der Waals surface area contributed by atoms with E-state index in [2.05, 4.69) is 20.6 Å². The van der Waals surface area contributed by atoms with Crippen LogP contribution in [0.4, 0.5) is 23.3 Å². The lowest BCUT2D eigenvalue weighted by Gasteiger charge is -2.30. The molecule has 1 saturated heterocycles. The van der Waals surface area contributed by atoms with Crippen LogP contribution < -0.4 is 26.0 Å². The van der Waals surface area contributed by atoms with E-state index in [1.165, 1.54) is 0 Å². The summed E-state index contributed by atoms with van der Waals surface area (Å²) in [5, 5.41) is 5.58. The van der Waals surface area contributed by atoms with Crippen molar-refractivity contribution < 1.29 is 19.1 Å². The second-order valence-electron chi connectivity index (χ2n) is 6.99. The first-order chi connectivity index (χ1) is 14.6. The van der Waals surface area contributed by atoms with E-state index in [-0.39, 0.29) is 29.9 Å². The van der Waals surface area contributed by atoms with Crippen LogP contribution in [0.2, 0.25) is 0 Å². The number of amides is 2. The molecule has 30 heavy (non-hydrogen) atoms. The molecular formula is C20H24N6O4. The average Bonchev–Trinajstić information content (AvgIpc) is 2.75. The van der Waals surface area contributed by atoms with Gasteiger partial charge in [0.1, 0.15) is 17.4 Å². The molecule has 10 nitrogen and oxygen atoms in total. The number of hydrogen-bond donors (Lipinski definition) is 3. The van der Waals surface area contributed by atoms with Gasteiger partial charge in [-0.3, -0.25) is 9.59 Å². The molecule has 1 fully saturated rings. The molecule has 158 valence electrons. The Morgan fingerprint density at radius 2 is 2.10 bits per heavy atom. The quantitative estimate of drug-likeness (QED) is 0.671. The summed E-state index contributed by atoms with van der Waals surface area (Å²) in [5.41, 5.74) is 7.19. The number of para-hydroxylation sites is 2. The smallest absolute Gasteiger partial charge is 0.232 e. The molecule has 4 rings (SSSR count). The number of fused-ring (bicyclic) bond motifs is 1.